The van der Waals surface area contributed by atoms with Crippen molar-refractivity contribution in [2.45, 2.75) is 26.4 Å². The molecule has 2 aromatic heterocycles. The quantitative estimate of drug-likeness (QED) is 0.880. The summed E-state index contributed by atoms with van der Waals surface area (Å²) in [6.45, 7) is 5.93. The number of hydrogen-bond donors (Lipinski definition) is 1. The van der Waals surface area contributed by atoms with E-state index in [2.05, 4.69) is 51.7 Å². The first-order valence-electron chi connectivity index (χ1n) is 6.49. The lowest BCUT2D eigenvalue weighted by Crippen LogP contribution is -2.22. The molecule has 0 fully saturated rings. The molecule has 2 rings (SSSR count). The summed E-state index contributed by atoms with van der Waals surface area (Å²) in [7, 11) is 2.12. The van der Waals surface area contributed by atoms with Crippen molar-refractivity contribution in [3.8, 4) is 0 Å². The summed E-state index contributed by atoms with van der Waals surface area (Å²) in [6.07, 6.45) is 3.64. The Morgan fingerprint density at radius 1 is 1.37 bits per heavy atom. The van der Waals surface area contributed by atoms with E-state index in [1.807, 2.05) is 13.1 Å². The van der Waals surface area contributed by atoms with E-state index in [9.17, 15) is 0 Å². The molecule has 5 heteroatoms. The van der Waals surface area contributed by atoms with E-state index in [0.717, 1.165) is 24.6 Å². The maximum absolute atomic E-state index is 4.44. The molecular formula is C14H20N4S. The predicted molar refractivity (Wildman–Crippen MR) is 80.4 cm³/mol. The highest BCUT2D eigenvalue weighted by atomic mass is 32.1. The van der Waals surface area contributed by atoms with Gasteiger partial charge in [-0.1, -0.05) is 6.07 Å². The van der Waals surface area contributed by atoms with Gasteiger partial charge in [0.1, 0.15) is 5.82 Å². The number of rotatable bonds is 6. The molecule has 0 saturated heterocycles. The zero-order chi connectivity index (χ0) is 13.7. The Kier molecular flexibility index (Phi) is 4.87. The van der Waals surface area contributed by atoms with Gasteiger partial charge in [0.15, 0.2) is 0 Å². The van der Waals surface area contributed by atoms with Gasteiger partial charge in [-0.15, -0.1) is 11.3 Å². The van der Waals surface area contributed by atoms with Gasteiger partial charge in [0.25, 0.3) is 0 Å². The number of aromatic nitrogens is 2. The van der Waals surface area contributed by atoms with E-state index >= 15 is 0 Å². The number of nitrogens with one attached hydrogen (secondary N) is 1. The Morgan fingerprint density at radius 2 is 2.21 bits per heavy atom. The molecule has 0 amide bonds. The van der Waals surface area contributed by atoms with Gasteiger partial charge in [-0.2, -0.15) is 0 Å². The van der Waals surface area contributed by atoms with Crippen LogP contribution in [-0.4, -0.2) is 28.5 Å². The third kappa shape index (κ3) is 3.75. The van der Waals surface area contributed by atoms with Crippen molar-refractivity contribution in [3.63, 3.8) is 0 Å². The van der Waals surface area contributed by atoms with Crippen molar-refractivity contribution < 1.29 is 0 Å². The van der Waals surface area contributed by atoms with Crippen LogP contribution in [0.2, 0.25) is 0 Å². The second kappa shape index (κ2) is 6.63. The Labute approximate surface area is 118 Å². The second-order valence-electron chi connectivity index (χ2n) is 4.53. The van der Waals surface area contributed by atoms with E-state index < -0.39 is 0 Å². The van der Waals surface area contributed by atoms with Gasteiger partial charge < -0.3 is 5.32 Å². The predicted octanol–water partition coefficient (Wildman–Crippen LogP) is 3.16. The van der Waals surface area contributed by atoms with E-state index in [1.165, 1.54) is 4.88 Å². The lowest BCUT2D eigenvalue weighted by molar-refractivity contribution is 0.253. The highest BCUT2D eigenvalue weighted by Crippen LogP contribution is 2.24. The van der Waals surface area contributed by atoms with Gasteiger partial charge in [0.2, 0.25) is 0 Å². The second-order valence-corrected chi connectivity index (χ2v) is 5.51. The molecule has 0 aliphatic heterocycles. The van der Waals surface area contributed by atoms with Gasteiger partial charge >= 0.3 is 0 Å². The molecular weight excluding hydrogens is 256 g/mol. The third-order valence-corrected chi connectivity index (χ3v) is 4.13. The minimum Gasteiger partial charge on any atom is -0.369 e. The fourth-order valence-corrected chi connectivity index (χ4v) is 2.70. The standard InChI is InChI=1S/C14H20N4S/c1-4-15-14-9-16-12(8-17-14)10-18(3)11(2)13-6-5-7-19-13/h5-9,11H,4,10H2,1-3H3,(H,15,17). The highest BCUT2D eigenvalue weighted by Gasteiger charge is 2.13. The first kappa shape index (κ1) is 14.0. The van der Waals surface area contributed by atoms with E-state index in [1.54, 1.807) is 17.5 Å². The fourth-order valence-electron chi connectivity index (χ4n) is 1.85. The van der Waals surface area contributed by atoms with Crippen molar-refractivity contribution in [1.82, 2.24) is 14.9 Å². The number of hydrogen-bond acceptors (Lipinski definition) is 5. The van der Waals surface area contributed by atoms with Crippen molar-refractivity contribution in [2.75, 3.05) is 18.9 Å². The van der Waals surface area contributed by atoms with Crippen molar-refractivity contribution in [1.29, 1.82) is 0 Å². The summed E-state index contributed by atoms with van der Waals surface area (Å²) in [5.74, 6) is 0.834. The molecule has 2 aromatic rings. The summed E-state index contributed by atoms with van der Waals surface area (Å²) >= 11 is 1.79. The molecule has 1 N–H and O–H groups in total. The molecule has 102 valence electrons. The van der Waals surface area contributed by atoms with Crippen LogP contribution >= 0.6 is 11.3 Å². The van der Waals surface area contributed by atoms with Crippen LogP contribution in [0.5, 0.6) is 0 Å². The zero-order valence-corrected chi connectivity index (χ0v) is 12.4. The molecule has 0 spiro atoms. The first-order valence-corrected chi connectivity index (χ1v) is 7.37. The molecule has 0 aliphatic carbocycles. The minimum atomic E-state index is 0.398. The topological polar surface area (TPSA) is 41.1 Å². The molecule has 1 atom stereocenters. The minimum absolute atomic E-state index is 0.398. The molecule has 2 heterocycles. The van der Waals surface area contributed by atoms with Crippen molar-refractivity contribution >= 4 is 17.2 Å². The molecule has 0 saturated carbocycles. The van der Waals surface area contributed by atoms with Crippen LogP contribution in [0.15, 0.2) is 29.9 Å². The Morgan fingerprint density at radius 3 is 2.79 bits per heavy atom. The molecule has 4 nitrogen and oxygen atoms in total. The third-order valence-electron chi connectivity index (χ3n) is 3.09. The number of nitrogens with zero attached hydrogens (tertiary/aromatic N) is 3. The maximum atomic E-state index is 4.44. The Balaban J connectivity index is 1.96. The van der Waals surface area contributed by atoms with Crippen molar-refractivity contribution in [3.05, 3.63) is 40.5 Å². The summed E-state index contributed by atoms with van der Waals surface area (Å²) in [5.41, 5.74) is 0.993. The molecule has 0 radical (unpaired) electrons. The number of thiophene rings is 1. The first-order chi connectivity index (χ1) is 9.20. The average molecular weight is 276 g/mol. The van der Waals surface area contributed by atoms with Crippen molar-refractivity contribution in [2.24, 2.45) is 0 Å². The van der Waals surface area contributed by atoms with Gasteiger partial charge in [0, 0.05) is 24.0 Å². The van der Waals surface area contributed by atoms with Crippen LogP contribution in [0, 0.1) is 0 Å². The monoisotopic (exact) mass is 276 g/mol. The highest BCUT2D eigenvalue weighted by molar-refractivity contribution is 7.10. The summed E-state index contributed by atoms with van der Waals surface area (Å²) in [5, 5.41) is 5.26. The molecule has 19 heavy (non-hydrogen) atoms. The van der Waals surface area contributed by atoms with Crippen LogP contribution in [-0.2, 0) is 6.54 Å². The Bertz CT molecular complexity index is 481. The van der Waals surface area contributed by atoms with Gasteiger partial charge in [-0.3, -0.25) is 9.88 Å². The van der Waals surface area contributed by atoms with E-state index in [4.69, 9.17) is 0 Å². The van der Waals surface area contributed by atoms with Crippen LogP contribution in [0.4, 0.5) is 5.82 Å². The molecule has 0 aliphatic rings. The normalized spacial score (nSPS) is 12.6. The molecule has 0 aromatic carbocycles. The smallest absolute Gasteiger partial charge is 0.144 e. The average Bonchev–Trinajstić information content (AvgIpc) is 2.94. The van der Waals surface area contributed by atoms with Gasteiger partial charge in [0.05, 0.1) is 18.1 Å². The molecule has 1 unspecified atom stereocenters. The lowest BCUT2D eigenvalue weighted by atomic mass is 10.2. The van der Waals surface area contributed by atoms with Crippen LogP contribution in [0.25, 0.3) is 0 Å². The van der Waals surface area contributed by atoms with Crippen LogP contribution in [0.3, 0.4) is 0 Å². The molecule has 0 bridgehead atoms. The zero-order valence-electron chi connectivity index (χ0n) is 11.6. The lowest BCUT2D eigenvalue weighted by Gasteiger charge is -2.23. The van der Waals surface area contributed by atoms with Crippen LogP contribution in [0.1, 0.15) is 30.5 Å². The summed E-state index contributed by atoms with van der Waals surface area (Å²) < 4.78 is 0. The summed E-state index contributed by atoms with van der Waals surface area (Å²) in [6, 6.07) is 4.66. The summed E-state index contributed by atoms with van der Waals surface area (Å²) in [4.78, 5) is 12.4. The van der Waals surface area contributed by atoms with Gasteiger partial charge in [-0.25, -0.2) is 4.98 Å². The van der Waals surface area contributed by atoms with E-state index in [-0.39, 0.29) is 0 Å². The van der Waals surface area contributed by atoms with Crippen LogP contribution < -0.4 is 5.32 Å². The largest absolute Gasteiger partial charge is 0.369 e. The maximum Gasteiger partial charge on any atom is 0.144 e. The SMILES string of the molecule is CCNc1cnc(CN(C)C(C)c2cccs2)cn1. The number of anilines is 1. The fraction of sp³-hybridized carbons (Fsp3) is 0.429. The van der Waals surface area contributed by atoms with E-state index in [0.29, 0.717) is 6.04 Å². The van der Waals surface area contributed by atoms with Gasteiger partial charge in [-0.05, 0) is 32.3 Å². The Hall–Kier alpha value is -1.46.